The number of aliphatic hydroxyl groups is 1. The van der Waals surface area contributed by atoms with Crippen molar-refractivity contribution in [2.24, 2.45) is 5.92 Å². The van der Waals surface area contributed by atoms with Gasteiger partial charge in [0.1, 0.15) is 5.82 Å². The second-order valence-electron chi connectivity index (χ2n) is 7.15. The normalized spacial score (nSPS) is 20.7. The molecule has 0 unspecified atom stereocenters. The van der Waals surface area contributed by atoms with Gasteiger partial charge in [-0.05, 0) is 25.3 Å². The van der Waals surface area contributed by atoms with E-state index in [4.69, 9.17) is 4.52 Å². The van der Waals surface area contributed by atoms with Crippen LogP contribution in [-0.2, 0) is 6.54 Å². The lowest BCUT2D eigenvalue weighted by Crippen LogP contribution is -2.41. The molecule has 0 spiro atoms. The highest BCUT2D eigenvalue weighted by atomic mass is 16.5. The van der Waals surface area contributed by atoms with Gasteiger partial charge in [0, 0.05) is 30.4 Å². The number of likely N-dealkylation sites (tertiary alicyclic amines) is 1. The Bertz CT molecular complexity index is 909. The predicted octanol–water partition coefficient (Wildman–Crippen LogP) is 2.70. The largest absolute Gasteiger partial charge is 0.393 e. The number of aromatic nitrogens is 4. The molecule has 1 aliphatic heterocycles. The fraction of sp³-hybridized carbons (Fsp3) is 0.400. The van der Waals surface area contributed by atoms with Gasteiger partial charge in [-0.1, -0.05) is 36.3 Å². The zero-order valence-corrected chi connectivity index (χ0v) is 15.5. The second kappa shape index (κ2) is 7.54. The molecule has 27 heavy (non-hydrogen) atoms. The molecule has 140 valence electrons. The van der Waals surface area contributed by atoms with Crippen LogP contribution in [-0.4, -0.2) is 49.3 Å². The summed E-state index contributed by atoms with van der Waals surface area (Å²) in [7, 11) is 0. The molecule has 3 heterocycles. The summed E-state index contributed by atoms with van der Waals surface area (Å²) in [6.45, 7) is 6.24. The number of hydrogen-bond acceptors (Lipinski definition) is 7. The Morgan fingerprint density at radius 1 is 1.15 bits per heavy atom. The molecule has 1 saturated heterocycles. The van der Waals surface area contributed by atoms with Gasteiger partial charge in [-0.3, -0.25) is 4.90 Å². The Hall–Kier alpha value is -2.64. The minimum atomic E-state index is -0.211. The molecule has 3 aromatic rings. The predicted molar refractivity (Wildman–Crippen MR) is 101 cm³/mol. The van der Waals surface area contributed by atoms with Gasteiger partial charge in [0.2, 0.25) is 11.7 Å². The van der Waals surface area contributed by atoms with Gasteiger partial charge in [-0.15, -0.1) is 0 Å². The van der Waals surface area contributed by atoms with Crippen molar-refractivity contribution < 1.29 is 9.63 Å². The maximum atomic E-state index is 9.85. The first-order valence-corrected chi connectivity index (χ1v) is 9.22. The summed E-state index contributed by atoms with van der Waals surface area (Å²) in [4.78, 5) is 15.3. The van der Waals surface area contributed by atoms with Crippen LogP contribution in [0.25, 0.3) is 22.6 Å². The monoisotopic (exact) mass is 365 g/mol. The average molecular weight is 365 g/mol. The van der Waals surface area contributed by atoms with E-state index in [2.05, 4.69) is 31.9 Å². The lowest BCUT2D eigenvalue weighted by molar-refractivity contribution is 0.0282. The number of piperidine rings is 1. The Labute approximate surface area is 158 Å². The summed E-state index contributed by atoms with van der Waals surface area (Å²) in [5, 5.41) is 14.0. The third-order valence-corrected chi connectivity index (χ3v) is 4.99. The van der Waals surface area contributed by atoms with Crippen LogP contribution in [0.15, 0.2) is 41.1 Å². The van der Waals surface area contributed by atoms with E-state index < -0.39 is 0 Å². The van der Waals surface area contributed by atoms with Gasteiger partial charge in [0.05, 0.1) is 18.3 Å². The molecule has 2 atom stereocenters. The number of benzene rings is 1. The number of aryl methyl sites for hydroxylation is 1. The van der Waals surface area contributed by atoms with E-state index in [1.807, 2.05) is 37.3 Å². The lowest BCUT2D eigenvalue weighted by atomic mass is 9.97. The molecule has 1 aromatic carbocycles. The van der Waals surface area contributed by atoms with E-state index in [1.54, 1.807) is 6.20 Å². The van der Waals surface area contributed by atoms with Gasteiger partial charge in [0.15, 0.2) is 0 Å². The first-order chi connectivity index (χ1) is 13.1. The molecule has 1 aliphatic rings. The highest BCUT2D eigenvalue weighted by Gasteiger charge is 2.25. The van der Waals surface area contributed by atoms with Crippen molar-refractivity contribution in [3.63, 3.8) is 0 Å². The molecule has 0 bridgehead atoms. The molecule has 2 aromatic heterocycles. The van der Waals surface area contributed by atoms with Crippen molar-refractivity contribution in [1.29, 1.82) is 0 Å². The summed E-state index contributed by atoms with van der Waals surface area (Å²) in [6.07, 6.45) is 2.33. The summed E-state index contributed by atoms with van der Waals surface area (Å²) in [5.41, 5.74) is 2.82. The van der Waals surface area contributed by atoms with Gasteiger partial charge in [-0.2, -0.15) is 4.98 Å². The van der Waals surface area contributed by atoms with Crippen LogP contribution in [0.2, 0.25) is 0 Å². The van der Waals surface area contributed by atoms with Crippen LogP contribution >= 0.6 is 0 Å². The van der Waals surface area contributed by atoms with E-state index in [0.717, 1.165) is 42.2 Å². The smallest absolute Gasteiger partial charge is 0.241 e. The molecule has 1 N–H and O–H groups in total. The van der Waals surface area contributed by atoms with Gasteiger partial charge in [-0.25, -0.2) is 9.97 Å². The first kappa shape index (κ1) is 17.8. The van der Waals surface area contributed by atoms with Crippen LogP contribution in [0.4, 0.5) is 0 Å². The number of hydrogen-bond donors (Lipinski definition) is 1. The van der Waals surface area contributed by atoms with Gasteiger partial charge < -0.3 is 9.63 Å². The van der Waals surface area contributed by atoms with E-state index in [-0.39, 0.29) is 12.0 Å². The molecule has 0 saturated carbocycles. The van der Waals surface area contributed by atoms with Crippen molar-refractivity contribution in [2.45, 2.75) is 32.9 Å². The summed E-state index contributed by atoms with van der Waals surface area (Å²) in [5.74, 6) is 2.20. The summed E-state index contributed by atoms with van der Waals surface area (Å²) < 4.78 is 5.43. The maximum Gasteiger partial charge on any atom is 0.241 e. The van der Waals surface area contributed by atoms with Gasteiger partial charge >= 0.3 is 0 Å². The second-order valence-corrected chi connectivity index (χ2v) is 7.15. The molecule has 1 fully saturated rings. The Balaban J connectivity index is 1.45. The fourth-order valence-corrected chi connectivity index (χ4v) is 3.40. The Kier molecular flexibility index (Phi) is 4.96. The fourth-order valence-electron chi connectivity index (χ4n) is 3.40. The van der Waals surface area contributed by atoms with E-state index >= 15 is 0 Å². The zero-order chi connectivity index (χ0) is 18.8. The third-order valence-electron chi connectivity index (χ3n) is 4.99. The SMILES string of the molecule is Cc1nccc(-c2ccc(-c3noc(CN4CC[C@H](O)[C@H](C)C4)n3)cc2)n1. The van der Waals surface area contributed by atoms with Crippen LogP contribution in [0.1, 0.15) is 25.1 Å². The minimum Gasteiger partial charge on any atom is -0.393 e. The van der Waals surface area contributed by atoms with Crippen LogP contribution in [0, 0.1) is 12.8 Å². The zero-order valence-electron chi connectivity index (χ0n) is 15.5. The van der Waals surface area contributed by atoms with Crippen molar-refractivity contribution in [3.05, 3.63) is 48.2 Å². The Morgan fingerprint density at radius 3 is 2.67 bits per heavy atom. The molecule has 0 amide bonds. The Morgan fingerprint density at radius 2 is 1.93 bits per heavy atom. The van der Waals surface area contributed by atoms with Crippen molar-refractivity contribution in [2.75, 3.05) is 13.1 Å². The van der Waals surface area contributed by atoms with E-state index in [1.165, 1.54) is 0 Å². The molecule has 7 nitrogen and oxygen atoms in total. The first-order valence-electron chi connectivity index (χ1n) is 9.22. The lowest BCUT2D eigenvalue weighted by Gasteiger charge is -2.33. The topological polar surface area (TPSA) is 88.2 Å². The van der Waals surface area contributed by atoms with E-state index in [0.29, 0.717) is 18.3 Å². The van der Waals surface area contributed by atoms with Crippen molar-refractivity contribution >= 4 is 0 Å². The third kappa shape index (κ3) is 4.04. The van der Waals surface area contributed by atoms with Crippen LogP contribution in [0.5, 0.6) is 0 Å². The van der Waals surface area contributed by atoms with Crippen LogP contribution in [0.3, 0.4) is 0 Å². The molecular weight excluding hydrogens is 342 g/mol. The van der Waals surface area contributed by atoms with E-state index in [9.17, 15) is 5.11 Å². The standard InChI is InChI=1S/C20H23N5O2/c1-13-11-25(10-8-18(13)26)12-19-23-20(24-27-19)16-5-3-15(4-6-16)17-7-9-21-14(2)22-17/h3-7,9,13,18,26H,8,10-12H2,1-2H3/t13-,18+/m1/s1. The van der Waals surface area contributed by atoms with Gasteiger partial charge in [0.25, 0.3) is 0 Å². The average Bonchev–Trinajstić information content (AvgIpc) is 3.13. The highest BCUT2D eigenvalue weighted by Crippen LogP contribution is 2.23. The van der Waals surface area contributed by atoms with Crippen molar-refractivity contribution in [1.82, 2.24) is 25.0 Å². The molecule has 4 rings (SSSR count). The molecule has 0 radical (unpaired) electrons. The summed E-state index contributed by atoms with van der Waals surface area (Å²) >= 11 is 0. The molecule has 7 heteroatoms. The molecular formula is C20H23N5O2. The highest BCUT2D eigenvalue weighted by molar-refractivity contribution is 5.64. The van der Waals surface area contributed by atoms with Crippen LogP contribution < -0.4 is 0 Å². The minimum absolute atomic E-state index is 0.211. The van der Waals surface area contributed by atoms with Crippen molar-refractivity contribution in [3.8, 4) is 22.6 Å². The number of rotatable bonds is 4. The number of aliphatic hydroxyl groups excluding tert-OH is 1. The summed E-state index contributed by atoms with van der Waals surface area (Å²) in [6, 6.07) is 9.84. The number of nitrogens with zero attached hydrogens (tertiary/aromatic N) is 5. The quantitative estimate of drug-likeness (QED) is 0.760. The molecule has 0 aliphatic carbocycles. The maximum absolute atomic E-state index is 9.85.